The second-order valence-corrected chi connectivity index (χ2v) is 13.0. The van der Waals surface area contributed by atoms with E-state index in [0.29, 0.717) is 70.2 Å². The van der Waals surface area contributed by atoms with Crippen molar-refractivity contribution >= 4 is 69.4 Å². The Morgan fingerprint density at radius 2 is 1.69 bits per heavy atom. The van der Waals surface area contributed by atoms with Crippen molar-refractivity contribution in [1.29, 1.82) is 0 Å². The van der Waals surface area contributed by atoms with Crippen LogP contribution in [-0.4, -0.2) is 64.8 Å². The SMILES string of the molecule is CCCN(CCOc1c(Cl)cc(Cl)cc1Cl)C(=O)n1ccnc1.COC(=O)CCc1ccc2oc(CCC(=O)OC(C)(C)C)c(N)c2c1. The number of rotatable bonds is 12. The van der Waals surface area contributed by atoms with E-state index in [9.17, 15) is 14.4 Å². The lowest BCUT2D eigenvalue weighted by Gasteiger charge is -2.22. The summed E-state index contributed by atoms with van der Waals surface area (Å²) < 4.78 is 22.8. The Labute approximate surface area is 295 Å². The number of benzene rings is 2. The van der Waals surface area contributed by atoms with E-state index < -0.39 is 5.60 Å². The molecular weight excluding hydrogens is 683 g/mol. The summed E-state index contributed by atoms with van der Waals surface area (Å²) in [6.45, 7) is 8.77. The Morgan fingerprint density at radius 1 is 1.00 bits per heavy atom. The maximum absolute atomic E-state index is 12.3. The summed E-state index contributed by atoms with van der Waals surface area (Å²) in [4.78, 5) is 41.0. The maximum atomic E-state index is 12.3. The largest absolute Gasteiger partial charge is 0.489 e. The molecule has 0 radical (unpaired) electrons. The predicted octanol–water partition coefficient (Wildman–Crippen LogP) is 8.00. The molecule has 2 aromatic heterocycles. The van der Waals surface area contributed by atoms with Crippen LogP contribution in [0.15, 0.2) is 53.5 Å². The molecule has 0 saturated heterocycles. The summed E-state index contributed by atoms with van der Waals surface area (Å²) >= 11 is 18.0. The van der Waals surface area contributed by atoms with Gasteiger partial charge in [-0.05, 0) is 63.4 Å². The van der Waals surface area contributed by atoms with E-state index in [1.54, 1.807) is 29.4 Å². The minimum atomic E-state index is -0.509. The van der Waals surface area contributed by atoms with Crippen molar-refractivity contribution in [3.63, 3.8) is 0 Å². The van der Waals surface area contributed by atoms with Crippen LogP contribution in [-0.2, 0) is 31.9 Å². The molecule has 0 aliphatic heterocycles. The number of methoxy groups -OCH3 is 1. The predicted molar refractivity (Wildman–Crippen MR) is 187 cm³/mol. The summed E-state index contributed by atoms with van der Waals surface area (Å²) in [7, 11) is 1.37. The minimum Gasteiger partial charge on any atom is -0.489 e. The number of nitrogens with zero attached hydrogens (tertiary/aromatic N) is 3. The van der Waals surface area contributed by atoms with Gasteiger partial charge in [0.1, 0.15) is 29.9 Å². The van der Waals surface area contributed by atoms with Crippen LogP contribution >= 0.6 is 34.8 Å². The van der Waals surface area contributed by atoms with Gasteiger partial charge in [0.25, 0.3) is 0 Å². The Bertz CT molecular complexity index is 1660. The Morgan fingerprint density at radius 3 is 2.29 bits per heavy atom. The van der Waals surface area contributed by atoms with Crippen molar-refractivity contribution in [3.05, 3.63) is 75.4 Å². The van der Waals surface area contributed by atoms with E-state index in [1.807, 2.05) is 45.9 Å². The molecule has 0 atom stereocenters. The molecule has 260 valence electrons. The molecule has 0 aliphatic rings. The van der Waals surface area contributed by atoms with Crippen molar-refractivity contribution in [2.45, 2.75) is 65.4 Å². The van der Waals surface area contributed by atoms with Gasteiger partial charge in [0, 0.05) is 42.2 Å². The quantitative estimate of drug-likeness (QED) is 0.144. The van der Waals surface area contributed by atoms with Crippen LogP contribution < -0.4 is 10.5 Å². The molecule has 2 N–H and O–H groups in total. The van der Waals surface area contributed by atoms with Crippen LogP contribution in [0.2, 0.25) is 15.1 Å². The number of hydrogen-bond donors (Lipinski definition) is 1. The molecule has 0 aliphatic carbocycles. The molecule has 4 rings (SSSR count). The topological polar surface area (TPSA) is 139 Å². The summed E-state index contributed by atoms with van der Waals surface area (Å²) in [5, 5.41) is 1.91. The number of imidazole rings is 1. The number of fused-ring (bicyclic) bond motifs is 1. The average Bonchev–Trinajstić information content (AvgIpc) is 3.67. The first-order valence-corrected chi connectivity index (χ1v) is 16.5. The van der Waals surface area contributed by atoms with Crippen molar-refractivity contribution in [3.8, 4) is 5.75 Å². The van der Waals surface area contributed by atoms with Crippen molar-refractivity contribution < 1.29 is 33.0 Å². The van der Waals surface area contributed by atoms with Crippen LogP contribution in [0.5, 0.6) is 5.75 Å². The summed E-state index contributed by atoms with van der Waals surface area (Å²) in [5.74, 6) is 0.402. The molecule has 14 heteroatoms. The molecule has 0 unspecified atom stereocenters. The van der Waals surface area contributed by atoms with Crippen LogP contribution in [0.25, 0.3) is 11.0 Å². The lowest BCUT2D eigenvalue weighted by Crippen LogP contribution is -2.37. The molecule has 4 aromatic rings. The lowest BCUT2D eigenvalue weighted by atomic mass is 10.1. The lowest BCUT2D eigenvalue weighted by molar-refractivity contribution is -0.154. The fraction of sp³-hybridized carbons (Fsp3) is 0.412. The third kappa shape index (κ3) is 11.6. The summed E-state index contributed by atoms with van der Waals surface area (Å²) in [5.41, 5.74) is 7.82. The molecule has 0 fully saturated rings. The molecule has 11 nitrogen and oxygen atoms in total. The fourth-order valence-corrected chi connectivity index (χ4v) is 5.47. The van der Waals surface area contributed by atoms with E-state index >= 15 is 0 Å². The van der Waals surface area contributed by atoms with Gasteiger partial charge in [-0.1, -0.05) is 47.8 Å². The van der Waals surface area contributed by atoms with E-state index in [2.05, 4.69) is 9.72 Å². The highest BCUT2D eigenvalue weighted by molar-refractivity contribution is 6.40. The second-order valence-electron chi connectivity index (χ2n) is 11.7. The number of esters is 2. The van der Waals surface area contributed by atoms with Gasteiger partial charge >= 0.3 is 18.0 Å². The number of carbonyl (C=O) groups excluding carboxylic acids is 3. The van der Waals surface area contributed by atoms with E-state index in [4.69, 9.17) is 54.4 Å². The molecule has 0 bridgehead atoms. The molecule has 48 heavy (non-hydrogen) atoms. The molecule has 0 spiro atoms. The summed E-state index contributed by atoms with van der Waals surface area (Å²) in [6.07, 6.45) is 6.95. The smallest absolute Gasteiger partial charge is 0.329 e. The number of hydrogen-bond acceptors (Lipinski definition) is 9. The van der Waals surface area contributed by atoms with Crippen LogP contribution in [0, 0.1) is 0 Å². The third-order valence-electron chi connectivity index (χ3n) is 6.75. The number of furan rings is 1. The van der Waals surface area contributed by atoms with E-state index in [-0.39, 0.29) is 31.0 Å². The summed E-state index contributed by atoms with van der Waals surface area (Å²) in [6, 6.07) is 8.60. The molecular formula is C34H41Cl3N4O7. The zero-order valence-corrected chi connectivity index (χ0v) is 30.0. The van der Waals surface area contributed by atoms with Crippen molar-refractivity contribution in [1.82, 2.24) is 14.5 Å². The highest BCUT2D eigenvalue weighted by Gasteiger charge is 2.19. The van der Waals surface area contributed by atoms with Gasteiger partial charge in [-0.3, -0.25) is 14.2 Å². The van der Waals surface area contributed by atoms with Gasteiger partial charge in [0.2, 0.25) is 0 Å². The van der Waals surface area contributed by atoms with Crippen molar-refractivity contribution in [2.75, 3.05) is 32.5 Å². The monoisotopic (exact) mass is 722 g/mol. The number of carbonyl (C=O) groups is 3. The second kappa shape index (κ2) is 18.0. The van der Waals surface area contributed by atoms with Gasteiger partial charge in [-0.25, -0.2) is 9.78 Å². The number of anilines is 1. The zero-order chi connectivity index (χ0) is 35.4. The van der Waals surface area contributed by atoms with Gasteiger partial charge in [-0.2, -0.15) is 0 Å². The first-order valence-electron chi connectivity index (χ1n) is 15.3. The third-order valence-corrected chi connectivity index (χ3v) is 7.53. The normalized spacial score (nSPS) is 11.1. The molecule has 2 aromatic carbocycles. The van der Waals surface area contributed by atoms with E-state index in [1.165, 1.54) is 18.0 Å². The standard InChI is InChI=1S/C19H25NO5.C15H16Cl3N3O2/c1-19(2,3)25-17(22)10-8-15-18(20)13-11-12(5-7-14(13)24-15)6-9-16(21)23-4;1-2-4-20(15(22)21-5-3-19-10-21)6-7-23-14-12(17)8-11(16)9-13(14)18/h5,7,11H,6,8-10,20H2,1-4H3;3,5,8-10H,2,4,6-7H2,1H3. The van der Waals surface area contributed by atoms with Gasteiger partial charge < -0.3 is 29.3 Å². The number of nitrogen functional groups attached to an aromatic ring is 1. The average molecular weight is 724 g/mol. The number of halogens is 3. The molecule has 1 amide bonds. The number of amides is 1. The zero-order valence-electron chi connectivity index (χ0n) is 27.7. The maximum Gasteiger partial charge on any atom is 0.329 e. The van der Waals surface area contributed by atoms with Crippen molar-refractivity contribution in [2.24, 2.45) is 0 Å². The minimum absolute atomic E-state index is 0.152. The van der Waals surface area contributed by atoms with Gasteiger partial charge in [-0.15, -0.1) is 0 Å². The first kappa shape index (κ1) is 38.5. The number of aromatic nitrogens is 2. The fourth-order valence-electron chi connectivity index (χ4n) is 4.55. The molecule has 2 heterocycles. The van der Waals surface area contributed by atoms with Gasteiger partial charge in [0.05, 0.1) is 35.8 Å². The van der Waals surface area contributed by atoms with E-state index in [0.717, 1.165) is 17.4 Å². The van der Waals surface area contributed by atoms with Crippen LogP contribution in [0.4, 0.5) is 10.5 Å². The number of aryl methyl sites for hydroxylation is 2. The Kier molecular flexibility index (Phi) is 14.4. The Balaban J connectivity index is 0.000000261. The number of nitrogens with two attached hydrogens (primary N) is 1. The first-order chi connectivity index (χ1) is 22.7. The molecule has 0 saturated carbocycles. The highest BCUT2D eigenvalue weighted by Crippen LogP contribution is 2.36. The highest BCUT2D eigenvalue weighted by atomic mass is 35.5. The number of ether oxygens (including phenoxy) is 3. The Hall–Kier alpha value is -3.93. The van der Waals surface area contributed by atoms with Crippen LogP contribution in [0.1, 0.15) is 58.3 Å². The van der Waals surface area contributed by atoms with Crippen LogP contribution in [0.3, 0.4) is 0 Å². The van der Waals surface area contributed by atoms with Gasteiger partial charge in [0.15, 0.2) is 5.75 Å².